The third-order valence-electron chi connectivity index (χ3n) is 1.38. The second-order valence-corrected chi connectivity index (χ2v) is 3.03. The van der Waals surface area contributed by atoms with Crippen LogP contribution in [-0.4, -0.2) is 9.36 Å². The predicted octanol–water partition coefficient (Wildman–Crippen LogP) is 1.80. The molecule has 4 heteroatoms. The summed E-state index contributed by atoms with van der Waals surface area (Å²) in [5.41, 5.74) is 0.810. The fourth-order valence-electron chi connectivity index (χ4n) is 0.859. The summed E-state index contributed by atoms with van der Waals surface area (Å²) in [5.74, 6) is 0. The average molecular weight is 335 g/mol. The summed E-state index contributed by atoms with van der Waals surface area (Å²) in [5, 5.41) is 1.14. The Kier molecular flexibility index (Phi) is 2.72. The SMILES string of the molecule is Cc1snc2n[c-]ccc12.[Re]. The van der Waals surface area contributed by atoms with Crippen LogP contribution in [0.25, 0.3) is 11.0 Å². The normalized spacial score (nSPS) is 9.55. The zero-order valence-corrected chi connectivity index (χ0v) is 9.37. The van der Waals surface area contributed by atoms with E-state index in [9.17, 15) is 0 Å². The Labute approximate surface area is 82.5 Å². The molecule has 0 saturated heterocycles. The third kappa shape index (κ3) is 1.48. The van der Waals surface area contributed by atoms with Gasteiger partial charge in [-0.1, -0.05) is 23.1 Å². The fourth-order valence-corrected chi connectivity index (χ4v) is 1.48. The topological polar surface area (TPSA) is 25.8 Å². The maximum absolute atomic E-state index is 4.12. The van der Waals surface area contributed by atoms with E-state index in [4.69, 9.17) is 0 Å². The molecule has 0 amide bonds. The molecule has 0 N–H and O–H groups in total. The zero-order chi connectivity index (χ0) is 6.97. The fraction of sp³-hybridized carbons (Fsp3) is 0.143. The molecule has 0 spiro atoms. The van der Waals surface area contributed by atoms with Crippen LogP contribution in [0.5, 0.6) is 0 Å². The van der Waals surface area contributed by atoms with Gasteiger partial charge in [0.15, 0.2) is 0 Å². The van der Waals surface area contributed by atoms with E-state index in [1.807, 2.05) is 19.1 Å². The van der Waals surface area contributed by atoms with Crippen molar-refractivity contribution in [2.45, 2.75) is 6.92 Å². The van der Waals surface area contributed by atoms with E-state index in [2.05, 4.69) is 15.6 Å². The van der Waals surface area contributed by atoms with Gasteiger partial charge in [-0.15, -0.1) is 0 Å². The van der Waals surface area contributed by atoms with E-state index in [1.54, 1.807) is 0 Å². The Morgan fingerprint density at radius 2 is 2.36 bits per heavy atom. The quantitative estimate of drug-likeness (QED) is 0.686. The molecule has 0 aliphatic rings. The molecule has 0 aliphatic carbocycles. The van der Waals surface area contributed by atoms with E-state index in [0.717, 1.165) is 11.0 Å². The van der Waals surface area contributed by atoms with Gasteiger partial charge in [0.2, 0.25) is 0 Å². The van der Waals surface area contributed by atoms with Gasteiger partial charge in [0.1, 0.15) is 0 Å². The van der Waals surface area contributed by atoms with Crippen LogP contribution in [-0.2, 0) is 20.4 Å². The van der Waals surface area contributed by atoms with Gasteiger partial charge in [-0.3, -0.25) is 0 Å². The number of aromatic nitrogens is 2. The summed E-state index contributed by atoms with van der Waals surface area (Å²) in [6, 6.07) is 3.80. The molecule has 0 aliphatic heterocycles. The largest absolute Gasteiger partial charge is 0.368 e. The number of fused-ring (bicyclic) bond motifs is 1. The Hall–Kier alpha value is -0.298. The zero-order valence-electron chi connectivity index (χ0n) is 5.84. The van der Waals surface area contributed by atoms with Crippen LogP contribution in [0.2, 0.25) is 0 Å². The van der Waals surface area contributed by atoms with Crippen LogP contribution in [0.1, 0.15) is 4.88 Å². The monoisotopic (exact) mass is 336 g/mol. The maximum atomic E-state index is 4.12. The van der Waals surface area contributed by atoms with Crippen molar-refractivity contribution in [1.29, 1.82) is 0 Å². The molecule has 2 aromatic rings. The number of aryl methyl sites for hydroxylation is 1. The summed E-state index contributed by atoms with van der Waals surface area (Å²) in [4.78, 5) is 5.20. The molecule has 0 aromatic carbocycles. The molecule has 2 aromatic heterocycles. The number of hydrogen-bond acceptors (Lipinski definition) is 3. The van der Waals surface area contributed by atoms with Gasteiger partial charge in [-0.2, -0.15) is 12.1 Å². The minimum absolute atomic E-state index is 0. The first-order chi connectivity index (χ1) is 4.88. The van der Waals surface area contributed by atoms with E-state index in [0.29, 0.717) is 0 Å². The second kappa shape index (κ2) is 3.40. The average Bonchev–Trinajstić information content (AvgIpc) is 2.34. The van der Waals surface area contributed by atoms with Crippen LogP contribution in [0.4, 0.5) is 0 Å². The van der Waals surface area contributed by atoms with Crippen molar-refractivity contribution in [3.05, 3.63) is 23.2 Å². The van der Waals surface area contributed by atoms with Crippen molar-refractivity contribution in [3.63, 3.8) is 0 Å². The number of pyridine rings is 1. The van der Waals surface area contributed by atoms with Crippen molar-refractivity contribution in [2.75, 3.05) is 0 Å². The number of nitrogens with zero attached hydrogens (tertiary/aromatic N) is 2. The van der Waals surface area contributed by atoms with E-state index >= 15 is 0 Å². The van der Waals surface area contributed by atoms with Crippen molar-refractivity contribution >= 4 is 22.6 Å². The Morgan fingerprint density at radius 3 is 3.09 bits per heavy atom. The van der Waals surface area contributed by atoms with Gasteiger partial charge in [-0.05, 0) is 6.92 Å². The Bertz CT molecular complexity index is 358. The first kappa shape index (κ1) is 8.80. The van der Waals surface area contributed by atoms with E-state index < -0.39 is 0 Å². The minimum atomic E-state index is 0. The third-order valence-corrected chi connectivity index (χ3v) is 2.14. The van der Waals surface area contributed by atoms with E-state index in [-0.39, 0.29) is 20.4 Å². The van der Waals surface area contributed by atoms with Crippen molar-refractivity contribution < 1.29 is 20.4 Å². The van der Waals surface area contributed by atoms with Crippen molar-refractivity contribution in [2.24, 2.45) is 0 Å². The number of hydrogen-bond donors (Lipinski definition) is 0. The van der Waals surface area contributed by atoms with Gasteiger partial charge in [0.25, 0.3) is 0 Å². The van der Waals surface area contributed by atoms with Gasteiger partial charge in [-0.25, -0.2) is 4.37 Å². The summed E-state index contributed by atoms with van der Waals surface area (Å²) in [7, 11) is 0. The smallest absolute Gasteiger partial charge is 0.0590 e. The van der Waals surface area contributed by atoms with Crippen molar-refractivity contribution in [3.8, 4) is 0 Å². The molecular weight excluding hydrogens is 330 g/mol. The minimum Gasteiger partial charge on any atom is -0.368 e. The van der Waals surface area contributed by atoms with Crippen LogP contribution >= 0.6 is 11.5 Å². The molecule has 57 valence electrons. The summed E-state index contributed by atoms with van der Waals surface area (Å²) < 4.78 is 4.12. The van der Waals surface area contributed by atoms with Gasteiger partial charge >= 0.3 is 0 Å². The number of rotatable bonds is 0. The molecular formula is C7H5N2ReS-. The molecule has 2 rings (SSSR count). The first-order valence-electron chi connectivity index (χ1n) is 2.97. The van der Waals surface area contributed by atoms with Crippen LogP contribution in [0.3, 0.4) is 0 Å². The molecule has 0 bridgehead atoms. The molecule has 11 heavy (non-hydrogen) atoms. The molecule has 0 saturated carbocycles. The molecule has 0 unspecified atom stereocenters. The predicted molar refractivity (Wildman–Crippen MR) is 41.0 cm³/mol. The Balaban J connectivity index is 0.000000605. The van der Waals surface area contributed by atoms with Gasteiger partial charge in [0.05, 0.1) is 5.65 Å². The van der Waals surface area contributed by atoms with Crippen LogP contribution in [0.15, 0.2) is 12.1 Å². The second-order valence-electron chi connectivity index (χ2n) is 2.05. The molecule has 2 heterocycles. The summed E-state index contributed by atoms with van der Waals surface area (Å²) in [6.45, 7) is 2.04. The van der Waals surface area contributed by atoms with Gasteiger partial charge < -0.3 is 4.98 Å². The molecule has 0 fully saturated rings. The first-order valence-corrected chi connectivity index (χ1v) is 3.74. The van der Waals surface area contributed by atoms with Gasteiger partial charge in [0, 0.05) is 25.3 Å². The Morgan fingerprint density at radius 1 is 1.55 bits per heavy atom. The molecule has 2 nitrogen and oxygen atoms in total. The van der Waals surface area contributed by atoms with Crippen LogP contribution < -0.4 is 0 Å². The summed E-state index contributed by atoms with van der Waals surface area (Å²) >= 11 is 1.49. The van der Waals surface area contributed by atoms with E-state index in [1.165, 1.54) is 16.4 Å². The molecule has 0 atom stereocenters. The maximum Gasteiger partial charge on any atom is 0.0590 e. The van der Waals surface area contributed by atoms with Crippen LogP contribution in [0, 0.1) is 13.1 Å². The summed E-state index contributed by atoms with van der Waals surface area (Å²) in [6.07, 6.45) is 2.74. The standard InChI is InChI=1S/C7H5N2S.Re/c1-5-6-3-2-4-8-7(6)9-10-5;/h2-3H,1H3;/q-1;. The molecule has 1 radical (unpaired) electrons. The van der Waals surface area contributed by atoms with Crippen molar-refractivity contribution in [1.82, 2.24) is 9.36 Å².